The smallest absolute Gasteiger partial charge is 0.255 e. The number of nitrogens with zero attached hydrogens (tertiary/aromatic N) is 4. The third-order valence-electron chi connectivity index (χ3n) is 5.30. The zero-order valence-corrected chi connectivity index (χ0v) is 18.8. The number of hydrogen-bond donors (Lipinski definition) is 0. The molecule has 1 aliphatic heterocycles. The van der Waals surface area contributed by atoms with E-state index in [1.54, 1.807) is 0 Å². The summed E-state index contributed by atoms with van der Waals surface area (Å²) in [4.78, 5) is 16.9. The molecular weight excluding hydrogens is 475 g/mol. The number of halogens is 1. The molecule has 0 saturated carbocycles. The van der Waals surface area contributed by atoms with Crippen LogP contribution in [0.5, 0.6) is 0 Å². The number of hydrogen-bond acceptors (Lipinski definition) is 4. The molecule has 4 rings (SSSR count). The molecule has 1 saturated heterocycles. The Hall–Kier alpha value is -2.48. The number of anilines is 1. The third kappa shape index (κ3) is 4.27. The summed E-state index contributed by atoms with van der Waals surface area (Å²) in [7, 11) is 0. The van der Waals surface area contributed by atoms with Gasteiger partial charge in [-0.05, 0) is 66.3 Å². The zero-order chi connectivity index (χ0) is 20.4. The first kappa shape index (κ1) is 19.8. The van der Waals surface area contributed by atoms with Gasteiger partial charge in [-0.15, -0.1) is 10.2 Å². The van der Waals surface area contributed by atoms with Gasteiger partial charge >= 0.3 is 0 Å². The molecule has 1 aliphatic rings. The lowest BCUT2D eigenvalue weighted by atomic mass is 10.0. The van der Waals surface area contributed by atoms with Crippen LogP contribution in [0.3, 0.4) is 0 Å². The molecule has 0 radical (unpaired) electrons. The maximum Gasteiger partial charge on any atom is 0.255 e. The van der Waals surface area contributed by atoms with Gasteiger partial charge in [-0.25, -0.2) is 0 Å². The minimum absolute atomic E-state index is 0.103. The van der Waals surface area contributed by atoms with Crippen LogP contribution in [0.1, 0.15) is 21.5 Å². The molecule has 0 aliphatic carbocycles. The topological polar surface area (TPSA) is 49.3 Å². The normalized spacial score (nSPS) is 14.2. The van der Waals surface area contributed by atoms with E-state index in [4.69, 9.17) is 0 Å². The van der Waals surface area contributed by atoms with Crippen LogP contribution in [0.25, 0.3) is 11.3 Å². The summed E-state index contributed by atoms with van der Waals surface area (Å²) in [5, 5.41) is 8.91. The van der Waals surface area contributed by atoms with Crippen molar-refractivity contribution in [3.05, 3.63) is 74.9 Å². The van der Waals surface area contributed by atoms with Crippen LogP contribution >= 0.6 is 22.6 Å². The van der Waals surface area contributed by atoms with Crippen molar-refractivity contribution < 1.29 is 4.79 Å². The van der Waals surface area contributed by atoms with Crippen molar-refractivity contribution in [2.45, 2.75) is 13.8 Å². The number of carbonyl (C=O) groups excluding carboxylic acids is 1. The van der Waals surface area contributed by atoms with Crippen molar-refractivity contribution in [3.63, 3.8) is 0 Å². The van der Waals surface area contributed by atoms with Crippen molar-refractivity contribution in [2.24, 2.45) is 0 Å². The number of rotatable bonds is 3. The molecule has 5 nitrogen and oxygen atoms in total. The fourth-order valence-electron chi connectivity index (χ4n) is 3.68. The first-order valence-corrected chi connectivity index (χ1v) is 10.8. The minimum atomic E-state index is 0.103. The second kappa shape index (κ2) is 8.49. The van der Waals surface area contributed by atoms with E-state index >= 15 is 0 Å². The lowest BCUT2D eigenvalue weighted by Gasteiger charge is -2.35. The first-order valence-electron chi connectivity index (χ1n) is 9.73. The van der Waals surface area contributed by atoms with Crippen LogP contribution in [0, 0.1) is 17.4 Å². The number of amides is 1. The van der Waals surface area contributed by atoms with E-state index in [2.05, 4.69) is 69.7 Å². The molecule has 0 spiro atoms. The summed E-state index contributed by atoms with van der Waals surface area (Å²) in [6, 6.07) is 18.2. The molecule has 0 unspecified atom stereocenters. The summed E-state index contributed by atoms with van der Waals surface area (Å²) in [5.41, 5.74) is 5.23. The molecule has 0 bridgehead atoms. The highest BCUT2D eigenvalue weighted by molar-refractivity contribution is 14.1. The predicted molar refractivity (Wildman–Crippen MR) is 124 cm³/mol. The molecule has 1 fully saturated rings. The van der Waals surface area contributed by atoms with Crippen LogP contribution in [0.15, 0.2) is 54.6 Å². The Labute approximate surface area is 184 Å². The standard InChI is InChI=1S/C23H23IN4O/c1-16-7-8-18(17(2)15-16)21-9-10-22(26-25-21)27-11-13-28(14-12-27)23(29)19-5-3-4-6-20(19)24/h3-10,15H,11-14H2,1-2H3. The molecule has 2 heterocycles. The summed E-state index contributed by atoms with van der Waals surface area (Å²) in [6.45, 7) is 7.07. The van der Waals surface area contributed by atoms with Gasteiger partial charge in [0.15, 0.2) is 5.82 Å². The average Bonchev–Trinajstić information content (AvgIpc) is 2.74. The van der Waals surface area contributed by atoms with E-state index in [0.717, 1.165) is 39.3 Å². The average molecular weight is 498 g/mol. The van der Waals surface area contributed by atoms with Crippen LogP contribution in [-0.4, -0.2) is 47.2 Å². The second-order valence-electron chi connectivity index (χ2n) is 7.35. The summed E-state index contributed by atoms with van der Waals surface area (Å²) >= 11 is 2.22. The van der Waals surface area contributed by atoms with Crippen LogP contribution < -0.4 is 4.90 Å². The van der Waals surface area contributed by atoms with Crippen LogP contribution in [-0.2, 0) is 0 Å². The highest BCUT2D eigenvalue weighted by Gasteiger charge is 2.24. The van der Waals surface area contributed by atoms with Gasteiger partial charge in [-0.2, -0.15) is 0 Å². The van der Waals surface area contributed by atoms with E-state index in [9.17, 15) is 4.79 Å². The SMILES string of the molecule is Cc1ccc(-c2ccc(N3CCN(C(=O)c4ccccc4I)CC3)nn2)c(C)c1. The summed E-state index contributed by atoms with van der Waals surface area (Å²) in [5.74, 6) is 0.964. The molecule has 1 aromatic heterocycles. The number of benzene rings is 2. The molecule has 3 aromatic rings. The largest absolute Gasteiger partial charge is 0.352 e. The van der Waals surface area contributed by atoms with Gasteiger partial charge in [0, 0.05) is 35.3 Å². The molecule has 6 heteroatoms. The first-order chi connectivity index (χ1) is 14.0. The fourth-order valence-corrected chi connectivity index (χ4v) is 4.30. The maximum atomic E-state index is 12.8. The predicted octanol–water partition coefficient (Wildman–Crippen LogP) is 4.33. The third-order valence-corrected chi connectivity index (χ3v) is 6.24. The van der Waals surface area contributed by atoms with E-state index in [1.807, 2.05) is 41.3 Å². The fraction of sp³-hybridized carbons (Fsp3) is 0.261. The summed E-state index contributed by atoms with van der Waals surface area (Å²) < 4.78 is 0.991. The number of aromatic nitrogens is 2. The lowest BCUT2D eigenvalue weighted by molar-refractivity contribution is 0.0745. The molecule has 2 aromatic carbocycles. The highest BCUT2D eigenvalue weighted by Crippen LogP contribution is 2.24. The zero-order valence-electron chi connectivity index (χ0n) is 16.6. The molecule has 0 N–H and O–H groups in total. The van der Waals surface area contributed by atoms with Gasteiger partial charge in [0.1, 0.15) is 0 Å². The number of aryl methyl sites for hydroxylation is 2. The van der Waals surface area contributed by atoms with Gasteiger partial charge in [0.05, 0.1) is 11.3 Å². The Kier molecular flexibility index (Phi) is 5.80. The van der Waals surface area contributed by atoms with E-state index in [1.165, 1.54) is 11.1 Å². The van der Waals surface area contributed by atoms with E-state index in [-0.39, 0.29) is 5.91 Å². The Morgan fingerprint density at radius 2 is 1.69 bits per heavy atom. The highest BCUT2D eigenvalue weighted by atomic mass is 127. The number of carbonyl (C=O) groups is 1. The Bertz CT molecular complexity index is 1030. The summed E-state index contributed by atoms with van der Waals surface area (Å²) in [6.07, 6.45) is 0. The van der Waals surface area contributed by atoms with Crippen molar-refractivity contribution in [3.8, 4) is 11.3 Å². The van der Waals surface area contributed by atoms with Gasteiger partial charge in [-0.3, -0.25) is 4.79 Å². The van der Waals surface area contributed by atoms with E-state index in [0.29, 0.717) is 13.1 Å². The van der Waals surface area contributed by atoms with Gasteiger partial charge in [0.25, 0.3) is 5.91 Å². The molecule has 29 heavy (non-hydrogen) atoms. The van der Waals surface area contributed by atoms with Crippen molar-refractivity contribution >= 4 is 34.3 Å². The van der Waals surface area contributed by atoms with Gasteiger partial charge < -0.3 is 9.80 Å². The second-order valence-corrected chi connectivity index (χ2v) is 8.52. The maximum absolute atomic E-state index is 12.8. The van der Waals surface area contributed by atoms with Crippen molar-refractivity contribution in [2.75, 3.05) is 31.1 Å². The van der Waals surface area contributed by atoms with Crippen molar-refractivity contribution in [1.29, 1.82) is 0 Å². The van der Waals surface area contributed by atoms with Gasteiger partial charge in [0.2, 0.25) is 0 Å². The molecule has 148 valence electrons. The molecule has 1 amide bonds. The molecular formula is C23H23IN4O. The van der Waals surface area contributed by atoms with E-state index < -0.39 is 0 Å². The monoisotopic (exact) mass is 498 g/mol. The Morgan fingerprint density at radius 1 is 0.931 bits per heavy atom. The minimum Gasteiger partial charge on any atom is -0.352 e. The van der Waals surface area contributed by atoms with Crippen LogP contribution in [0.4, 0.5) is 5.82 Å². The van der Waals surface area contributed by atoms with Gasteiger partial charge in [-0.1, -0.05) is 35.9 Å². The quantitative estimate of drug-likeness (QED) is 0.505. The Balaban J connectivity index is 1.42. The van der Waals surface area contributed by atoms with Crippen LogP contribution in [0.2, 0.25) is 0 Å². The Morgan fingerprint density at radius 3 is 2.34 bits per heavy atom. The number of piperazine rings is 1. The lowest BCUT2D eigenvalue weighted by Crippen LogP contribution is -2.49. The molecule has 0 atom stereocenters. The van der Waals surface area contributed by atoms with Crippen molar-refractivity contribution in [1.82, 2.24) is 15.1 Å².